The first-order chi connectivity index (χ1) is 9.65. The molecule has 0 aromatic carbocycles. The zero-order valence-corrected chi connectivity index (χ0v) is 12.3. The van der Waals surface area contributed by atoms with Crippen molar-refractivity contribution in [3.8, 4) is 0 Å². The summed E-state index contributed by atoms with van der Waals surface area (Å²) in [4.78, 5) is 19.5. The number of amides is 1. The maximum Gasteiger partial charge on any atom is 0.216 e. The van der Waals surface area contributed by atoms with Crippen LogP contribution in [0.1, 0.15) is 26.6 Å². The van der Waals surface area contributed by atoms with Gasteiger partial charge in [-0.05, 0) is 13.8 Å². The molecule has 0 fully saturated rings. The van der Waals surface area contributed by atoms with Crippen molar-refractivity contribution in [2.75, 3.05) is 36.9 Å². The van der Waals surface area contributed by atoms with Crippen LogP contribution in [0.5, 0.6) is 0 Å². The Balaban J connectivity index is 2.62. The molecule has 3 N–H and O–H groups in total. The van der Waals surface area contributed by atoms with Gasteiger partial charge in [-0.15, -0.1) is 0 Å². The highest BCUT2D eigenvalue weighted by Gasteiger charge is 2.04. The molecule has 1 rings (SSSR count). The van der Waals surface area contributed by atoms with Crippen LogP contribution in [-0.2, 0) is 16.1 Å². The molecule has 112 valence electrons. The topological polar surface area (TPSA) is 88.2 Å². The fourth-order valence-corrected chi connectivity index (χ4v) is 1.55. The summed E-state index contributed by atoms with van der Waals surface area (Å²) in [6.07, 6.45) is 0. The molecular formula is C13H23N5O2. The van der Waals surface area contributed by atoms with Crippen molar-refractivity contribution in [3.05, 3.63) is 11.9 Å². The Morgan fingerprint density at radius 3 is 2.50 bits per heavy atom. The normalized spacial score (nSPS) is 10.2. The molecule has 0 aliphatic carbocycles. The van der Waals surface area contributed by atoms with E-state index in [-0.39, 0.29) is 5.91 Å². The number of aromatic nitrogens is 2. The summed E-state index contributed by atoms with van der Waals surface area (Å²) in [6, 6.07) is 1.84. The Labute approximate surface area is 119 Å². The maximum absolute atomic E-state index is 10.8. The number of anilines is 2. The van der Waals surface area contributed by atoms with E-state index in [0.29, 0.717) is 32.1 Å². The molecule has 0 aliphatic rings. The number of carbonyl (C=O) groups is 1. The summed E-state index contributed by atoms with van der Waals surface area (Å²) in [7, 11) is 0. The molecule has 0 bridgehead atoms. The van der Waals surface area contributed by atoms with Crippen LogP contribution in [0.2, 0.25) is 0 Å². The second-order valence-electron chi connectivity index (χ2n) is 4.13. The molecular weight excluding hydrogens is 258 g/mol. The summed E-state index contributed by atoms with van der Waals surface area (Å²) in [5, 5.41) is 9.03. The number of ether oxygens (including phenoxy) is 1. The molecule has 0 radical (unpaired) electrons. The largest absolute Gasteiger partial charge is 0.374 e. The molecule has 1 amide bonds. The number of rotatable bonds is 9. The maximum atomic E-state index is 10.8. The number of nitrogens with one attached hydrogen (secondary N) is 3. The third-order valence-corrected chi connectivity index (χ3v) is 2.37. The van der Waals surface area contributed by atoms with E-state index in [1.54, 1.807) is 0 Å². The highest BCUT2D eigenvalue weighted by molar-refractivity contribution is 5.72. The lowest BCUT2D eigenvalue weighted by atomic mass is 10.4. The fourth-order valence-electron chi connectivity index (χ4n) is 1.55. The Bertz CT molecular complexity index is 425. The van der Waals surface area contributed by atoms with Crippen molar-refractivity contribution in [2.45, 2.75) is 27.4 Å². The Hall–Kier alpha value is -1.89. The molecule has 1 heterocycles. The van der Waals surface area contributed by atoms with E-state index in [0.717, 1.165) is 18.2 Å². The van der Waals surface area contributed by atoms with Gasteiger partial charge in [-0.3, -0.25) is 4.79 Å². The quantitative estimate of drug-likeness (QED) is 0.585. The van der Waals surface area contributed by atoms with Crippen LogP contribution in [0, 0.1) is 0 Å². The van der Waals surface area contributed by atoms with E-state index in [2.05, 4.69) is 25.9 Å². The van der Waals surface area contributed by atoms with Crippen molar-refractivity contribution < 1.29 is 9.53 Å². The zero-order valence-electron chi connectivity index (χ0n) is 12.3. The molecule has 0 spiro atoms. The Kier molecular flexibility index (Phi) is 7.34. The second-order valence-corrected chi connectivity index (χ2v) is 4.13. The summed E-state index contributed by atoms with van der Waals surface area (Å²) in [6.45, 7) is 8.39. The zero-order chi connectivity index (χ0) is 14.8. The van der Waals surface area contributed by atoms with Gasteiger partial charge in [-0.2, -0.15) is 0 Å². The van der Waals surface area contributed by atoms with Crippen LogP contribution in [-0.4, -0.2) is 42.1 Å². The molecule has 20 heavy (non-hydrogen) atoms. The highest BCUT2D eigenvalue weighted by atomic mass is 16.5. The summed E-state index contributed by atoms with van der Waals surface area (Å²) < 4.78 is 5.33. The van der Waals surface area contributed by atoms with E-state index >= 15 is 0 Å². The van der Waals surface area contributed by atoms with Crippen LogP contribution in [0.15, 0.2) is 6.07 Å². The average molecular weight is 281 g/mol. The lowest BCUT2D eigenvalue weighted by molar-refractivity contribution is -0.118. The first-order valence-corrected chi connectivity index (χ1v) is 6.83. The first kappa shape index (κ1) is 16.2. The van der Waals surface area contributed by atoms with Crippen LogP contribution in [0.3, 0.4) is 0 Å². The van der Waals surface area contributed by atoms with Crippen molar-refractivity contribution in [2.24, 2.45) is 0 Å². The van der Waals surface area contributed by atoms with E-state index in [9.17, 15) is 4.79 Å². The van der Waals surface area contributed by atoms with Crippen molar-refractivity contribution >= 4 is 17.5 Å². The van der Waals surface area contributed by atoms with Crippen molar-refractivity contribution in [1.82, 2.24) is 15.3 Å². The van der Waals surface area contributed by atoms with Gasteiger partial charge in [0.2, 0.25) is 5.91 Å². The monoisotopic (exact) mass is 281 g/mol. The minimum Gasteiger partial charge on any atom is -0.374 e. The smallest absolute Gasteiger partial charge is 0.216 e. The lowest BCUT2D eigenvalue weighted by Crippen LogP contribution is -2.26. The van der Waals surface area contributed by atoms with Crippen LogP contribution < -0.4 is 16.0 Å². The molecule has 0 atom stereocenters. The second kappa shape index (κ2) is 9.08. The molecule has 0 aliphatic heterocycles. The summed E-state index contributed by atoms with van der Waals surface area (Å²) in [5.74, 6) is 2.07. The average Bonchev–Trinajstić information content (AvgIpc) is 2.41. The number of hydrogen-bond acceptors (Lipinski definition) is 6. The van der Waals surface area contributed by atoms with Crippen LogP contribution in [0.25, 0.3) is 0 Å². The van der Waals surface area contributed by atoms with E-state index in [4.69, 9.17) is 4.74 Å². The molecule has 0 saturated heterocycles. The number of nitrogens with zero attached hydrogens (tertiary/aromatic N) is 2. The van der Waals surface area contributed by atoms with Crippen LogP contribution >= 0.6 is 0 Å². The van der Waals surface area contributed by atoms with Gasteiger partial charge < -0.3 is 20.7 Å². The van der Waals surface area contributed by atoms with E-state index in [1.807, 2.05) is 19.9 Å². The molecule has 0 unspecified atom stereocenters. The molecule has 1 aromatic heterocycles. The van der Waals surface area contributed by atoms with E-state index < -0.39 is 0 Å². The molecule has 7 heteroatoms. The third-order valence-electron chi connectivity index (χ3n) is 2.37. The summed E-state index contributed by atoms with van der Waals surface area (Å²) in [5.41, 5.74) is 0. The van der Waals surface area contributed by atoms with Gasteiger partial charge in [0, 0.05) is 39.2 Å². The Morgan fingerprint density at radius 2 is 1.90 bits per heavy atom. The van der Waals surface area contributed by atoms with Crippen molar-refractivity contribution in [1.29, 1.82) is 0 Å². The fraction of sp³-hybridized carbons (Fsp3) is 0.615. The summed E-state index contributed by atoms with van der Waals surface area (Å²) >= 11 is 0. The minimum absolute atomic E-state index is 0.0418. The van der Waals surface area contributed by atoms with Crippen molar-refractivity contribution in [3.63, 3.8) is 0 Å². The van der Waals surface area contributed by atoms with Gasteiger partial charge >= 0.3 is 0 Å². The number of hydrogen-bond donors (Lipinski definition) is 3. The predicted molar refractivity (Wildman–Crippen MR) is 78.7 cm³/mol. The van der Waals surface area contributed by atoms with Gasteiger partial charge in [0.1, 0.15) is 18.2 Å². The molecule has 0 saturated carbocycles. The van der Waals surface area contributed by atoms with E-state index in [1.165, 1.54) is 6.92 Å². The van der Waals surface area contributed by atoms with Gasteiger partial charge in [0.05, 0.1) is 0 Å². The standard InChI is InChI=1S/C13H23N5O2/c1-4-14-11-8-12(16-7-6-15-10(3)19)18-13(17-11)9-20-5-2/h8H,4-7,9H2,1-3H3,(H,15,19)(H2,14,16,17,18). The van der Waals surface area contributed by atoms with Gasteiger partial charge in [-0.1, -0.05) is 0 Å². The SMILES string of the molecule is CCNc1cc(NCCNC(C)=O)nc(COCC)n1. The van der Waals surface area contributed by atoms with Gasteiger partial charge in [0.15, 0.2) is 5.82 Å². The molecule has 1 aromatic rings. The van der Waals surface area contributed by atoms with Crippen LogP contribution in [0.4, 0.5) is 11.6 Å². The van der Waals surface area contributed by atoms with Gasteiger partial charge in [0.25, 0.3) is 0 Å². The molecule has 7 nitrogen and oxygen atoms in total. The number of carbonyl (C=O) groups excluding carboxylic acids is 1. The predicted octanol–water partition coefficient (Wildman–Crippen LogP) is 0.993. The minimum atomic E-state index is -0.0418. The third kappa shape index (κ3) is 6.33. The highest BCUT2D eigenvalue weighted by Crippen LogP contribution is 2.11. The Morgan fingerprint density at radius 1 is 1.20 bits per heavy atom. The first-order valence-electron chi connectivity index (χ1n) is 6.83. The lowest BCUT2D eigenvalue weighted by Gasteiger charge is -2.11. The van der Waals surface area contributed by atoms with Gasteiger partial charge in [-0.25, -0.2) is 9.97 Å².